The minimum absolute atomic E-state index is 0.206. The number of amides is 2. The summed E-state index contributed by atoms with van der Waals surface area (Å²) in [5.74, 6) is -55.0. The number of hydrogen-bond donors (Lipinski definition) is 1. The lowest BCUT2D eigenvalue weighted by atomic mass is 9.91. The van der Waals surface area contributed by atoms with Crippen LogP contribution in [0.2, 0.25) is 0 Å². The van der Waals surface area contributed by atoms with E-state index < -0.39 is 92.2 Å². The first-order chi connectivity index (χ1) is 18.2. The van der Waals surface area contributed by atoms with Gasteiger partial charge in [-0.3, -0.25) is 14.6 Å². The highest BCUT2D eigenvalue weighted by Gasteiger charge is 2.96. The fraction of sp³-hybridized carbons (Fsp3) is 0.875. The van der Waals surface area contributed by atoms with Crippen molar-refractivity contribution in [3.8, 4) is 0 Å². The summed E-state index contributed by atoms with van der Waals surface area (Å²) >= 11 is 2.67. The van der Waals surface area contributed by atoms with Crippen LogP contribution in [-0.4, -0.2) is 102 Å². The molecule has 0 radical (unpaired) electrons. The number of nitrogens with zero attached hydrogens (tertiary/aromatic N) is 2. The maximum absolute atomic E-state index is 14.2. The van der Waals surface area contributed by atoms with Gasteiger partial charge in [-0.1, -0.05) is 15.9 Å². The maximum atomic E-state index is 14.2. The number of hydrazine groups is 1. The van der Waals surface area contributed by atoms with Gasteiger partial charge < -0.3 is 4.90 Å². The molecule has 250 valence electrons. The smallest absolute Gasteiger partial charge is 0.340 e. The molecule has 7 nitrogen and oxygen atoms in total. The molecule has 0 unspecified atom stereocenters. The molecule has 0 saturated carbocycles. The number of halogens is 18. The first-order valence-corrected chi connectivity index (χ1v) is 12.7. The SMILES string of the molecule is CCN(CCN(NS(=O)(=O)C(F)(F)C(F)(F)C(F)(F)C(F)(F)C(F)(F)C(F)(F)C(F)(F)C(F)(F)F)C(C)=O)C(=O)CBr. The van der Waals surface area contributed by atoms with Crippen LogP contribution in [0.4, 0.5) is 74.6 Å². The molecule has 2 amide bonds. The molecule has 0 bridgehead atoms. The highest BCUT2D eigenvalue weighted by Crippen LogP contribution is 2.64. The summed E-state index contributed by atoms with van der Waals surface area (Å²) in [7, 11) is -7.73. The molecule has 1 N–H and O–H groups in total. The van der Waals surface area contributed by atoms with Crippen molar-refractivity contribution in [3.63, 3.8) is 0 Å². The highest BCUT2D eigenvalue weighted by molar-refractivity contribution is 9.09. The van der Waals surface area contributed by atoms with Crippen LogP contribution < -0.4 is 4.83 Å². The molecule has 0 saturated heterocycles. The average Bonchev–Trinajstić information content (AvgIpc) is 2.81. The van der Waals surface area contributed by atoms with Crippen molar-refractivity contribution in [2.75, 3.05) is 25.0 Å². The van der Waals surface area contributed by atoms with Gasteiger partial charge in [0.15, 0.2) is 0 Å². The minimum atomic E-state index is -8.97. The van der Waals surface area contributed by atoms with E-state index in [1.807, 2.05) is 0 Å². The van der Waals surface area contributed by atoms with Gasteiger partial charge in [0.1, 0.15) is 0 Å². The van der Waals surface area contributed by atoms with Crippen molar-refractivity contribution >= 4 is 37.8 Å². The first-order valence-electron chi connectivity index (χ1n) is 10.1. The second-order valence-electron chi connectivity index (χ2n) is 7.83. The lowest BCUT2D eigenvalue weighted by Crippen LogP contribution is -2.75. The van der Waals surface area contributed by atoms with E-state index in [1.54, 1.807) is 0 Å². The van der Waals surface area contributed by atoms with Crippen molar-refractivity contribution in [3.05, 3.63) is 0 Å². The monoisotopic (exact) mass is 747 g/mol. The molecule has 0 spiro atoms. The molecule has 0 aliphatic heterocycles. The molecular weight excluding hydrogens is 733 g/mol. The van der Waals surface area contributed by atoms with Crippen LogP contribution >= 0.6 is 15.9 Å². The van der Waals surface area contributed by atoms with Crippen LogP contribution in [0.3, 0.4) is 0 Å². The Morgan fingerprint density at radius 3 is 1.33 bits per heavy atom. The predicted molar refractivity (Wildman–Crippen MR) is 106 cm³/mol. The van der Waals surface area contributed by atoms with E-state index in [9.17, 15) is 92.6 Å². The molecule has 0 aromatic rings. The predicted octanol–water partition coefficient (Wildman–Crippen LogP) is 4.88. The van der Waals surface area contributed by atoms with Crippen LogP contribution in [0.15, 0.2) is 0 Å². The van der Waals surface area contributed by atoms with Gasteiger partial charge in [0.05, 0.1) is 11.9 Å². The number of nitrogens with one attached hydrogen (secondary N) is 1. The van der Waals surface area contributed by atoms with Gasteiger partial charge in [0.25, 0.3) is 0 Å². The van der Waals surface area contributed by atoms with E-state index in [-0.39, 0.29) is 18.3 Å². The molecule has 0 aliphatic rings. The van der Waals surface area contributed by atoms with Gasteiger partial charge in [-0.25, -0.2) is 8.42 Å². The lowest BCUT2D eigenvalue weighted by molar-refractivity contribution is -0.458. The fourth-order valence-corrected chi connectivity index (χ4v) is 4.00. The number of hydrogen-bond acceptors (Lipinski definition) is 4. The molecule has 0 aromatic heterocycles. The lowest BCUT2D eigenvalue weighted by Gasteiger charge is -2.42. The molecule has 0 rings (SSSR count). The molecular formula is C16H15BrF17N3O4S. The third kappa shape index (κ3) is 6.20. The average molecular weight is 748 g/mol. The number of rotatable bonds is 14. The Hall–Kier alpha value is -1.86. The quantitative estimate of drug-likeness (QED) is 0.156. The van der Waals surface area contributed by atoms with Crippen LogP contribution in [0.5, 0.6) is 0 Å². The van der Waals surface area contributed by atoms with Gasteiger partial charge >= 0.3 is 57.0 Å². The van der Waals surface area contributed by atoms with E-state index in [4.69, 9.17) is 0 Å². The zero-order valence-corrected chi connectivity index (χ0v) is 22.5. The zero-order valence-electron chi connectivity index (χ0n) is 20.1. The van der Waals surface area contributed by atoms with Gasteiger partial charge in [-0.2, -0.15) is 74.6 Å². The Morgan fingerprint density at radius 2 is 1.02 bits per heavy atom. The fourth-order valence-electron chi connectivity index (χ4n) is 2.55. The number of alkyl halides is 18. The number of carbonyl (C=O) groups is 2. The van der Waals surface area contributed by atoms with Crippen LogP contribution in [-0.2, 0) is 19.6 Å². The van der Waals surface area contributed by atoms with Crippen molar-refractivity contribution in [2.45, 2.75) is 60.8 Å². The van der Waals surface area contributed by atoms with Crippen LogP contribution in [0, 0.1) is 0 Å². The van der Waals surface area contributed by atoms with E-state index in [2.05, 4.69) is 15.9 Å². The van der Waals surface area contributed by atoms with E-state index in [1.165, 1.54) is 6.92 Å². The molecule has 0 atom stereocenters. The summed E-state index contributed by atoms with van der Waals surface area (Å²) in [6.45, 7) is -0.803. The Labute approximate surface area is 231 Å². The summed E-state index contributed by atoms with van der Waals surface area (Å²) in [4.78, 5) is 24.1. The Bertz CT molecular complexity index is 1110. The molecule has 0 fully saturated rings. The molecule has 0 aromatic carbocycles. The van der Waals surface area contributed by atoms with Crippen molar-refractivity contribution in [2.24, 2.45) is 0 Å². The van der Waals surface area contributed by atoms with Crippen molar-refractivity contribution < 1.29 is 92.6 Å². The topological polar surface area (TPSA) is 86.8 Å². The maximum Gasteiger partial charge on any atom is 0.460 e. The van der Waals surface area contributed by atoms with Gasteiger partial charge in [0, 0.05) is 20.0 Å². The second-order valence-corrected chi connectivity index (χ2v) is 10.1. The van der Waals surface area contributed by atoms with Crippen molar-refractivity contribution in [1.29, 1.82) is 0 Å². The third-order valence-electron chi connectivity index (χ3n) is 5.08. The van der Waals surface area contributed by atoms with Gasteiger partial charge in [-0.05, 0) is 6.92 Å². The van der Waals surface area contributed by atoms with Gasteiger partial charge in [-0.15, -0.1) is 4.83 Å². The first kappa shape index (κ1) is 40.1. The van der Waals surface area contributed by atoms with Gasteiger partial charge in [0.2, 0.25) is 11.8 Å². The molecule has 26 heteroatoms. The molecule has 0 aliphatic carbocycles. The normalized spacial score (nSPS) is 15.0. The second kappa shape index (κ2) is 11.9. The summed E-state index contributed by atoms with van der Waals surface area (Å²) in [6.07, 6.45) is -7.94. The summed E-state index contributed by atoms with van der Waals surface area (Å²) in [6, 6.07) is 0. The number of sulfonamides is 1. The highest BCUT2D eigenvalue weighted by atomic mass is 79.9. The number of carbonyl (C=O) groups excluding carboxylic acids is 2. The molecule has 0 heterocycles. The summed E-state index contributed by atoms with van der Waals surface area (Å²) < 4.78 is 251. The largest absolute Gasteiger partial charge is 0.460 e. The summed E-state index contributed by atoms with van der Waals surface area (Å²) in [5, 5.41) is -8.89. The van der Waals surface area contributed by atoms with Crippen molar-refractivity contribution in [1.82, 2.24) is 14.7 Å². The van der Waals surface area contributed by atoms with Crippen LogP contribution in [0.25, 0.3) is 0 Å². The minimum Gasteiger partial charge on any atom is -0.340 e. The Morgan fingerprint density at radius 1 is 0.667 bits per heavy atom. The molecule has 42 heavy (non-hydrogen) atoms. The number of likely N-dealkylation sites (N-methyl/N-ethyl adjacent to an activating group) is 1. The summed E-state index contributed by atoms with van der Waals surface area (Å²) in [5.41, 5.74) is 0. The Balaban J connectivity index is 6.76. The Kier molecular flexibility index (Phi) is 11.4. The third-order valence-corrected chi connectivity index (χ3v) is 6.96. The zero-order chi connectivity index (χ0) is 34.3. The van der Waals surface area contributed by atoms with E-state index in [0.29, 0.717) is 0 Å². The standard InChI is InChI=1S/C16H15BrF17N3O4S/c1-3-36(8(39)6-17)4-5-37(7(2)38)35-42(40,41)16(33,34)14(28,29)12(24,25)10(20,21)9(18,19)11(22,23)13(26,27)15(30,31)32/h35H,3-6H2,1-2H3. The van der Waals surface area contributed by atoms with E-state index >= 15 is 0 Å². The van der Waals surface area contributed by atoms with E-state index in [0.717, 1.165) is 4.90 Å². The van der Waals surface area contributed by atoms with Crippen LogP contribution in [0.1, 0.15) is 13.8 Å².